The van der Waals surface area contributed by atoms with E-state index in [0.717, 1.165) is 40.7 Å². The Bertz CT molecular complexity index is 981. The summed E-state index contributed by atoms with van der Waals surface area (Å²) in [6, 6.07) is 9.25. The van der Waals surface area contributed by atoms with Gasteiger partial charge in [-0.1, -0.05) is 18.2 Å². The van der Waals surface area contributed by atoms with Crippen molar-refractivity contribution in [3.05, 3.63) is 42.1 Å². The first kappa shape index (κ1) is 18.6. The third kappa shape index (κ3) is 3.84. The summed E-state index contributed by atoms with van der Waals surface area (Å²) in [5, 5.41) is 34.9. The molecule has 5 N–H and O–H groups in total. The average Bonchev–Trinajstić information content (AvgIpc) is 2.67. The highest BCUT2D eigenvalue weighted by atomic mass is 16.5. The molecule has 138 valence electrons. The van der Waals surface area contributed by atoms with Crippen LogP contribution in [0.3, 0.4) is 0 Å². The van der Waals surface area contributed by atoms with Crippen molar-refractivity contribution in [3.63, 3.8) is 0 Å². The van der Waals surface area contributed by atoms with E-state index in [0.29, 0.717) is 23.3 Å². The quantitative estimate of drug-likeness (QED) is 0.381. The highest BCUT2D eigenvalue weighted by Crippen LogP contribution is 2.37. The SMILES string of the molecule is Nc1cnnc2cc(-c3cc(B(O)O)cc4c3OCCC4)ccc12.O=CO. The zero-order chi connectivity index (χ0) is 19.4. The molecule has 0 saturated carbocycles. The van der Waals surface area contributed by atoms with E-state index in [1.165, 1.54) is 6.20 Å². The van der Waals surface area contributed by atoms with Gasteiger partial charge >= 0.3 is 7.12 Å². The molecule has 0 amide bonds. The van der Waals surface area contributed by atoms with Crippen LogP contribution in [0.5, 0.6) is 5.75 Å². The minimum absolute atomic E-state index is 0.250. The van der Waals surface area contributed by atoms with E-state index in [-0.39, 0.29) is 6.47 Å². The maximum absolute atomic E-state index is 9.58. The molecule has 0 atom stereocenters. The van der Waals surface area contributed by atoms with Crippen LogP contribution in [0.25, 0.3) is 22.0 Å². The maximum atomic E-state index is 9.58. The molecule has 27 heavy (non-hydrogen) atoms. The Morgan fingerprint density at radius 1 is 1.22 bits per heavy atom. The van der Waals surface area contributed by atoms with Crippen molar-refractivity contribution in [2.75, 3.05) is 12.3 Å². The molecule has 0 unspecified atom stereocenters. The van der Waals surface area contributed by atoms with Crippen LogP contribution < -0.4 is 15.9 Å². The van der Waals surface area contributed by atoms with Gasteiger partial charge in [-0.3, -0.25) is 4.79 Å². The molecule has 0 saturated heterocycles. The van der Waals surface area contributed by atoms with Gasteiger partial charge in [0.15, 0.2) is 0 Å². The zero-order valence-electron chi connectivity index (χ0n) is 14.4. The van der Waals surface area contributed by atoms with Crippen LogP contribution in [0.15, 0.2) is 36.5 Å². The molecule has 8 nitrogen and oxygen atoms in total. The largest absolute Gasteiger partial charge is 0.493 e. The lowest BCUT2D eigenvalue weighted by Crippen LogP contribution is -2.31. The molecule has 4 rings (SSSR count). The lowest BCUT2D eigenvalue weighted by atomic mass is 9.77. The van der Waals surface area contributed by atoms with Gasteiger partial charge in [-0.15, -0.1) is 0 Å². The molecule has 0 radical (unpaired) electrons. The van der Waals surface area contributed by atoms with Gasteiger partial charge < -0.3 is 25.6 Å². The van der Waals surface area contributed by atoms with Crippen LogP contribution in [0, 0.1) is 0 Å². The van der Waals surface area contributed by atoms with Crippen LogP contribution in [0.4, 0.5) is 5.69 Å². The summed E-state index contributed by atoms with van der Waals surface area (Å²) >= 11 is 0. The van der Waals surface area contributed by atoms with Crippen LogP contribution in [-0.4, -0.2) is 45.5 Å². The van der Waals surface area contributed by atoms with Gasteiger partial charge in [0.1, 0.15) is 5.75 Å². The molecular weight excluding hydrogens is 349 g/mol. The third-order valence-electron chi connectivity index (χ3n) is 4.31. The Hall–Kier alpha value is -3.17. The fourth-order valence-electron chi connectivity index (χ4n) is 3.12. The van der Waals surface area contributed by atoms with Crippen molar-refractivity contribution in [2.24, 2.45) is 0 Å². The van der Waals surface area contributed by atoms with Crippen LogP contribution >= 0.6 is 0 Å². The molecule has 9 heteroatoms. The van der Waals surface area contributed by atoms with Crippen molar-refractivity contribution in [1.29, 1.82) is 0 Å². The lowest BCUT2D eigenvalue weighted by Gasteiger charge is -2.22. The number of fused-ring (bicyclic) bond motifs is 2. The fraction of sp³-hybridized carbons (Fsp3) is 0.167. The Balaban J connectivity index is 0.000000659. The van der Waals surface area contributed by atoms with Gasteiger partial charge in [-0.25, -0.2) is 0 Å². The number of anilines is 1. The minimum atomic E-state index is -1.52. The molecule has 3 aromatic rings. The molecule has 1 aromatic heterocycles. The monoisotopic (exact) mass is 367 g/mol. The second kappa shape index (κ2) is 8.02. The second-order valence-corrected chi connectivity index (χ2v) is 6.02. The fourth-order valence-corrected chi connectivity index (χ4v) is 3.12. The molecule has 1 aliphatic rings. The summed E-state index contributed by atoms with van der Waals surface area (Å²) in [6.45, 7) is 0.404. The summed E-state index contributed by atoms with van der Waals surface area (Å²) in [4.78, 5) is 8.36. The molecular formula is C18H18BN3O5. The van der Waals surface area contributed by atoms with Crippen LogP contribution in [-0.2, 0) is 11.2 Å². The molecule has 0 spiro atoms. The Morgan fingerprint density at radius 2 is 2.00 bits per heavy atom. The van der Waals surface area contributed by atoms with Crippen LogP contribution in [0.2, 0.25) is 0 Å². The molecule has 0 aliphatic carbocycles. The third-order valence-corrected chi connectivity index (χ3v) is 4.31. The molecule has 0 bridgehead atoms. The number of nitrogens with zero attached hydrogens (tertiary/aromatic N) is 2. The van der Waals surface area contributed by atoms with E-state index in [2.05, 4.69) is 10.2 Å². The maximum Gasteiger partial charge on any atom is 0.488 e. The Labute approximate surface area is 155 Å². The van der Waals surface area contributed by atoms with Crippen molar-refractivity contribution in [2.45, 2.75) is 12.8 Å². The smallest absolute Gasteiger partial charge is 0.488 e. The first-order valence-corrected chi connectivity index (χ1v) is 8.30. The van der Waals surface area contributed by atoms with Crippen molar-refractivity contribution >= 4 is 35.6 Å². The first-order chi connectivity index (χ1) is 13.0. The predicted octanol–water partition coefficient (Wildman–Crippen LogP) is 0.585. The summed E-state index contributed by atoms with van der Waals surface area (Å²) < 4.78 is 5.86. The number of ether oxygens (including phenoxy) is 1. The number of hydrogen-bond acceptors (Lipinski definition) is 7. The summed E-state index contributed by atoms with van der Waals surface area (Å²) in [5.41, 5.74) is 10.3. The van der Waals surface area contributed by atoms with Gasteiger partial charge in [0.25, 0.3) is 6.47 Å². The Morgan fingerprint density at radius 3 is 2.74 bits per heavy atom. The number of aromatic nitrogens is 2. The number of rotatable bonds is 2. The number of nitrogen functional groups attached to an aromatic ring is 1. The summed E-state index contributed by atoms with van der Waals surface area (Å²) in [7, 11) is -1.52. The van der Waals surface area contributed by atoms with Crippen LogP contribution in [0.1, 0.15) is 12.0 Å². The molecule has 2 heterocycles. The Kier molecular flexibility index (Phi) is 5.53. The molecule has 1 aliphatic heterocycles. The van der Waals surface area contributed by atoms with Crippen molar-refractivity contribution in [3.8, 4) is 16.9 Å². The van der Waals surface area contributed by atoms with E-state index in [1.54, 1.807) is 12.1 Å². The number of carboxylic acid groups (broad SMARTS) is 1. The highest BCUT2D eigenvalue weighted by molar-refractivity contribution is 6.58. The standard InChI is InChI=1S/C17H16BN3O3.CH2O2/c19-15-9-20-21-16-7-10(3-4-13(15)16)14-8-12(18(22)23)6-11-2-1-5-24-17(11)14;2-1-3/h3-4,6-9,22-23H,1-2,5H2,(H2,19,21);1H,(H,2,3). The average molecular weight is 367 g/mol. The predicted molar refractivity (Wildman–Crippen MR) is 102 cm³/mol. The normalized spacial score (nSPS) is 12.4. The van der Waals surface area contributed by atoms with Crippen molar-refractivity contribution in [1.82, 2.24) is 10.2 Å². The number of hydrogen-bond donors (Lipinski definition) is 4. The first-order valence-electron chi connectivity index (χ1n) is 8.30. The zero-order valence-corrected chi connectivity index (χ0v) is 14.4. The van der Waals surface area contributed by atoms with E-state index in [1.807, 2.05) is 18.2 Å². The second-order valence-electron chi connectivity index (χ2n) is 6.02. The van der Waals surface area contributed by atoms with Crippen molar-refractivity contribution < 1.29 is 24.7 Å². The topological polar surface area (TPSA) is 139 Å². The molecule has 0 fully saturated rings. The van der Waals surface area contributed by atoms with Gasteiger partial charge in [-0.05, 0) is 41.6 Å². The number of carbonyl (C=O) groups is 1. The summed E-state index contributed by atoms with van der Waals surface area (Å²) in [6.07, 6.45) is 3.29. The highest BCUT2D eigenvalue weighted by Gasteiger charge is 2.21. The van der Waals surface area contributed by atoms with E-state index >= 15 is 0 Å². The molecule has 2 aromatic carbocycles. The van der Waals surface area contributed by atoms with E-state index in [9.17, 15) is 10.0 Å². The van der Waals surface area contributed by atoms with Gasteiger partial charge in [-0.2, -0.15) is 10.2 Å². The number of benzene rings is 2. The lowest BCUT2D eigenvalue weighted by molar-refractivity contribution is -0.122. The summed E-state index contributed by atoms with van der Waals surface area (Å²) in [5.74, 6) is 0.793. The van der Waals surface area contributed by atoms with Gasteiger partial charge in [0.05, 0.1) is 24.0 Å². The van der Waals surface area contributed by atoms with E-state index < -0.39 is 7.12 Å². The number of nitrogens with two attached hydrogens (primary N) is 1. The van der Waals surface area contributed by atoms with Gasteiger partial charge in [0.2, 0.25) is 0 Å². The van der Waals surface area contributed by atoms with E-state index in [4.69, 9.17) is 20.4 Å². The number of aryl methyl sites for hydroxylation is 1. The minimum Gasteiger partial charge on any atom is -0.493 e. The van der Waals surface area contributed by atoms with Gasteiger partial charge in [0, 0.05) is 10.9 Å².